The van der Waals surface area contributed by atoms with Gasteiger partial charge >= 0.3 is 0 Å². The number of ketones is 1. The van der Waals surface area contributed by atoms with Crippen molar-refractivity contribution in [2.45, 2.75) is 25.3 Å². The lowest BCUT2D eigenvalue weighted by Crippen LogP contribution is -2.27. The topological polar surface area (TPSA) is 69.6 Å². The van der Waals surface area contributed by atoms with Crippen molar-refractivity contribution in [1.82, 2.24) is 0 Å². The summed E-state index contributed by atoms with van der Waals surface area (Å²) in [5.74, 6) is -0.186. The molecular formula is C23H19NO3. The molecule has 4 nitrogen and oxygen atoms in total. The number of fused-ring (bicyclic) bond motifs is 4. The minimum absolute atomic E-state index is 0.153. The van der Waals surface area contributed by atoms with Crippen molar-refractivity contribution in [2.75, 3.05) is 5.32 Å². The molecule has 1 atom stereocenters. The number of carbonyl (C=O) groups excluding carboxylic acids is 1. The Hall–Kier alpha value is -3.27. The van der Waals surface area contributed by atoms with Crippen molar-refractivity contribution in [2.24, 2.45) is 0 Å². The van der Waals surface area contributed by atoms with Crippen molar-refractivity contribution in [3.8, 4) is 11.5 Å². The zero-order valence-corrected chi connectivity index (χ0v) is 14.7. The third-order valence-corrected chi connectivity index (χ3v) is 5.61. The van der Waals surface area contributed by atoms with E-state index in [0.717, 1.165) is 51.6 Å². The van der Waals surface area contributed by atoms with E-state index in [4.69, 9.17) is 0 Å². The number of carbonyl (C=O) groups is 1. The fourth-order valence-electron chi connectivity index (χ4n) is 4.37. The number of aromatic hydroxyl groups is 2. The maximum atomic E-state index is 12.9. The summed E-state index contributed by atoms with van der Waals surface area (Å²) in [6, 6.07) is 16.8. The van der Waals surface area contributed by atoms with Gasteiger partial charge in [-0.3, -0.25) is 4.79 Å². The predicted molar refractivity (Wildman–Crippen MR) is 106 cm³/mol. The van der Waals surface area contributed by atoms with Gasteiger partial charge in [0.05, 0.1) is 6.04 Å². The minimum atomic E-state index is -0.326. The van der Waals surface area contributed by atoms with E-state index in [9.17, 15) is 15.0 Å². The smallest absolute Gasteiger partial charge is 0.161 e. The number of phenols is 2. The Bertz CT molecular complexity index is 1130. The Kier molecular flexibility index (Phi) is 3.47. The third kappa shape index (κ3) is 2.40. The van der Waals surface area contributed by atoms with Crippen molar-refractivity contribution in [1.29, 1.82) is 0 Å². The molecule has 3 aromatic carbocycles. The molecule has 3 aromatic rings. The Morgan fingerprint density at radius 3 is 2.63 bits per heavy atom. The summed E-state index contributed by atoms with van der Waals surface area (Å²) < 4.78 is 0. The highest BCUT2D eigenvalue weighted by molar-refractivity contribution is 6.12. The van der Waals surface area contributed by atoms with Gasteiger partial charge in [-0.2, -0.15) is 0 Å². The summed E-state index contributed by atoms with van der Waals surface area (Å²) in [6.07, 6.45) is 2.26. The second-order valence-corrected chi connectivity index (χ2v) is 7.20. The molecule has 27 heavy (non-hydrogen) atoms. The van der Waals surface area contributed by atoms with Crippen LogP contribution in [0.25, 0.3) is 16.3 Å². The Balaban J connectivity index is 1.77. The van der Waals surface area contributed by atoms with E-state index in [1.165, 1.54) is 12.1 Å². The molecule has 0 fully saturated rings. The van der Waals surface area contributed by atoms with E-state index < -0.39 is 0 Å². The van der Waals surface area contributed by atoms with E-state index in [0.29, 0.717) is 6.42 Å². The quantitative estimate of drug-likeness (QED) is 0.541. The van der Waals surface area contributed by atoms with Gasteiger partial charge in [0.2, 0.25) is 0 Å². The molecule has 4 heteroatoms. The number of allylic oxidation sites excluding steroid dienone is 1. The molecule has 0 saturated carbocycles. The zero-order chi connectivity index (χ0) is 18.5. The van der Waals surface area contributed by atoms with E-state index in [1.54, 1.807) is 6.07 Å². The van der Waals surface area contributed by atoms with Crippen LogP contribution in [0.1, 0.15) is 36.4 Å². The van der Waals surface area contributed by atoms with Crippen LogP contribution in [0.15, 0.2) is 60.2 Å². The fraction of sp³-hybridized carbons (Fsp3) is 0.174. The Morgan fingerprint density at radius 1 is 0.926 bits per heavy atom. The van der Waals surface area contributed by atoms with Gasteiger partial charge in [-0.15, -0.1) is 0 Å². The molecule has 2 aliphatic rings. The molecular weight excluding hydrogens is 338 g/mol. The lowest BCUT2D eigenvalue weighted by Gasteiger charge is -2.35. The highest BCUT2D eigenvalue weighted by Crippen LogP contribution is 2.48. The molecule has 5 rings (SSSR count). The van der Waals surface area contributed by atoms with Crippen LogP contribution in [0, 0.1) is 0 Å². The number of nitrogens with one attached hydrogen (secondary N) is 1. The zero-order valence-electron chi connectivity index (χ0n) is 14.7. The number of hydrogen-bond acceptors (Lipinski definition) is 4. The number of benzene rings is 3. The van der Waals surface area contributed by atoms with Gasteiger partial charge in [0.15, 0.2) is 17.3 Å². The van der Waals surface area contributed by atoms with Crippen LogP contribution < -0.4 is 5.32 Å². The first-order chi connectivity index (χ1) is 13.1. The van der Waals surface area contributed by atoms with Gasteiger partial charge in [0, 0.05) is 23.2 Å². The summed E-state index contributed by atoms with van der Waals surface area (Å²) in [5.41, 5.74) is 4.78. The normalized spacial score (nSPS) is 18.8. The standard InChI is InChI=1S/C23H19NO3/c25-18-11-9-14(12-20(18)27)23-22-16(6-3-7-19(22)26)21-15-5-2-1-4-13(15)8-10-17(21)24-23/h1-2,4-5,8-12,23-25,27H,3,6-7H2/t23-/m1/s1. The third-order valence-electron chi connectivity index (χ3n) is 5.61. The highest BCUT2D eigenvalue weighted by Gasteiger charge is 2.35. The van der Waals surface area contributed by atoms with E-state index >= 15 is 0 Å². The summed E-state index contributed by atoms with van der Waals surface area (Å²) >= 11 is 0. The lowest BCUT2D eigenvalue weighted by molar-refractivity contribution is -0.116. The first-order valence-electron chi connectivity index (χ1n) is 9.20. The van der Waals surface area contributed by atoms with Gasteiger partial charge in [0.1, 0.15) is 0 Å². The SMILES string of the molecule is O=C1CCCC2=C1[C@@H](c1ccc(O)c(O)c1)Nc1ccc3ccccc3c12. The lowest BCUT2D eigenvalue weighted by atomic mass is 9.77. The average molecular weight is 357 g/mol. The molecule has 3 N–H and O–H groups in total. The Morgan fingerprint density at radius 2 is 1.78 bits per heavy atom. The van der Waals surface area contributed by atoms with Gasteiger partial charge in [-0.05, 0) is 52.9 Å². The van der Waals surface area contributed by atoms with Crippen molar-refractivity contribution >= 4 is 27.8 Å². The molecule has 0 unspecified atom stereocenters. The van der Waals surface area contributed by atoms with Crippen LogP contribution in [0.2, 0.25) is 0 Å². The molecule has 1 aliphatic carbocycles. The van der Waals surface area contributed by atoms with Crippen LogP contribution in [-0.2, 0) is 4.79 Å². The van der Waals surface area contributed by atoms with E-state index in [1.807, 2.05) is 12.1 Å². The predicted octanol–water partition coefficient (Wildman–Crippen LogP) is 4.92. The van der Waals surface area contributed by atoms with E-state index in [2.05, 4.69) is 29.6 Å². The molecule has 0 aromatic heterocycles. The van der Waals surface area contributed by atoms with Gasteiger partial charge < -0.3 is 15.5 Å². The van der Waals surface area contributed by atoms with Crippen LogP contribution in [0.4, 0.5) is 5.69 Å². The van der Waals surface area contributed by atoms with Crippen LogP contribution in [0.3, 0.4) is 0 Å². The largest absolute Gasteiger partial charge is 0.504 e. The maximum Gasteiger partial charge on any atom is 0.161 e. The molecule has 1 heterocycles. The molecule has 134 valence electrons. The molecule has 1 aliphatic heterocycles. The molecule has 0 amide bonds. The fourth-order valence-corrected chi connectivity index (χ4v) is 4.37. The molecule has 0 saturated heterocycles. The van der Waals surface area contributed by atoms with Crippen molar-refractivity contribution in [3.05, 3.63) is 71.3 Å². The van der Waals surface area contributed by atoms with Crippen molar-refractivity contribution in [3.63, 3.8) is 0 Å². The summed E-state index contributed by atoms with van der Waals surface area (Å²) in [6.45, 7) is 0. The van der Waals surface area contributed by atoms with E-state index in [-0.39, 0.29) is 23.3 Å². The highest BCUT2D eigenvalue weighted by atomic mass is 16.3. The summed E-state index contributed by atoms with van der Waals surface area (Å²) in [4.78, 5) is 12.9. The maximum absolute atomic E-state index is 12.9. The molecule has 0 bridgehead atoms. The molecule has 0 spiro atoms. The van der Waals surface area contributed by atoms with Crippen LogP contribution in [0.5, 0.6) is 11.5 Å². The first-order valence-corrected chi connectivity index (χ1v) is 9.20. The number of phenolic OH excluding ortho intramolecular Hbond substituents is 2. The first kappa shape index (κ1) is 15.9. The number of hydrogen-bond donors (Lipinski definition) is 3. The minimum Gasteiger partial charge on any atom is -0.504 e. The second kappa shape index (κ2) is 5.88. The summed E-state index contributed by atoms with van der Waals surface area (Å²) in [5, 5.41) is 25.4. The Labute approximate surface area is 156 Å². The summed E-state index contributed by atoms with van der Waals surface area (Å²) in [7, 11) is 0. The van der Waals surface area contributed by atoms with Gasteiger partial charge in [0.25, 0.3) is 0 Å². The number of rotatable bonds is 1. The monoisotopic (exact) mass is 357 g/mol. The van der Waals surface area contributed by atoms with Gasteiger partial charge in [-0.1, -0.05) is 36.4 Å². The van der Waals surface area contributed by atoms with Crippen LogP contribution >= 0.6 is 0 Å². The van der Waals surface area contributed by atoms with Crippen molar-refractivity contribution < 1.29 is 15.0 Å². The van der Waals surface area contributed by atoms with Crippen LogP contribution in [-0.4, -0.2) is 16.0 Å². The average Bonchev–Trinajstić information content (AvgIpc) is 2.69. The number of Topliss-reactive ketones (excluding diaryl/α,β-unsaturated/α-hetero) is 1. The number of anilines is 1. The van der Waals surface area contributed by atoms with Gasteiger partial charge in [-0.25, -0.2) is 0 Å². The second-order valence-electron chi connectivity index (χ2n) is 7.20. The molecule has 0 radical (unpaired) electrons.